The molecule has 7 nitrogen and oxygen atoms in total. The fourth-order valence-electron chi connectivity index (χ4n) is 3.23. The van der Waals surface area contributed by atoms with Gasteiger partial charge >= 0.3 is 0 Å². The molecule has 2 rings (SSSR count). The van der Waals surface area contributed by atoms with Crippen LogP contribution in [0.2, 0.25) is 0 Å². The van der Waals surface area contributed by atoms with Crippen LogP contribution in [0.25, 0.3) is 0 Å². The summed E-state index contributed by atoms with van der Waals surface area (Å²) in [6.45, 7) is 3.96. The second kappa shape index (κ2) is 7.12. The second-order valence-electron chi connectivity index (χ2n) is 6.18. The number of aryl methyl sites for hydroxylation is 1. The van der Waals surface area contributed by atoms with Gasteiger partial charge in [0.25, 0.3) is 0 Å². The van der Waals surface area contributed by atoms with Crippen LogP contribution in [0.15, 0.2) is 6.20 Å². The van der Waals surface area contributed by atoms with Crippen molar-refractivity contribution in [3.63, 3.8) is 0 Å². The highest BCUT2D eigenvalue weighted by Gasteiger charge is 2.43. The van der Waals surface area contributed by atoms with E-state index in [1.54, 1.807) is 29.9 Å². The Morgan fingerprint density at radius 3 is 2.70 bits per heavy atom. The molecule has 0 unspecified atom stereocenters. The number of ether oxygens (including phenoxy) is 1. The average molecular weight is 322 g/mol. The number of nitrogens with zero attached hydrogens (tertiary/aromatic N) is 3. The van der Waals surface area contributed by atoms with Crippen molar-refractivity contribution in [1.29, 1.82) is 0 Å². The van der Waals surface area contributed by atoms with Crippen molar-refractivity contribution in [3.05, 3.63) is 17.5 Å². The van der Waals surface area contributed by atoms with Gasteiger partial charge in [-0.15, -0.1) is 0 Å². The quantitative estimate of drug-likeness (QED) is 0.862. The van der Waals surface area contributed by atoms with Gasteiger partial charge in [0.15, 0.2) is 0 Å². The molecular formula is C16H26N4O3. The first-order valence-corrected chi connectivity index (χ1v) is 7.88. The number of nitrogens with one attached hydrogen (secondary N) is 1. The summed E-state index contributed by atoms with van der Waals surface area (Å²) in [5.74, 6) is -0.271. The third kappa shape index (κ3) is 3.55. The van der Waals surface area contributed by atoms with Crippen LogP contribution in [-0.2, 0) is 27.9 Å². The van der Waals surface area contributed by atoms with E-state index >= 15 is 0 Å². The van der Waals surface area contributed by atoms with Crippen molar-refractivity contribution >= 4 is 11.8 Å². The normalized spacial score (nSPS) is 23.8. The van der Waals surface area contributed by atoms with E-state index in [0.717, 1.165) is 24.1 Å². The van der Waals surface area contributed by atoms with Crippen LogP contribution in [-0.4, -0.2) is 52.8 Å². The highest BCUT2D eigenvalue weighted by atomic mass is 16.5. The lowest BCUT2D eigenvalue weighted by atomic mass is 10.0. The Labute approximate surface area is 137 Å². The second-order valence-corrected chi connectivity index (χ2v) is 6.18. The fraction of sp³-hybridized carbons (Fsp3) is 0.688. The fourth-order valence-corrected chi connectivity index (χ4v) is 3.23. The van der Waals surface area contributed by atoms with Gasteiger partial charge in [0.1, 0.15) is 0 Å². The lowest BCUT2D eigenvalue weighted by Gasteiger charge is -2.30. The topological polar surface area (TPSA) is 76.5 Å². The summed E-state index contributed by atoms with van der Waals surface area (Å²) in [6, 6.07) is -0.0478. The van der Waals surface area contributed by atoms with Gasteiger partial charge in [-0.05, 0) is 19.8 Å². The summed E-state index contributed by atoms with van der Waals surface area (Å²) in [4.78, 5) is 25.8. The van der Waals surface area contributed by atoms with Gasteiger partial charge in [0.05, 0.1) is 24.3 Å². The zero-order chi connectivity index (χ0) is 17.1. The van der Waals surface area contributed by atoms with Crippen molar-refractivity contribution < 1.29 is 14.3 Å². The number of hydrogen-bond donors (Lipinski definition) is 1. The van der Waals surface area contributed by atoms with E-state index in [9.17, 15) is 9.59 Å². The molecule has 0 aliphatic heterocycles. The standard InChI is InChI=1S/C16H26N4O3/c1-10-12(9-18-20(10)4)8-17-16(22)13-6-7-14(15(13)23-5)19(3)11(2)21/h9,13-15H,6-8H2,1-5H3,(H,17,22)/t13-,14-,15+/m1/s1. The Hall–Kier alpha value is -1.89. The first-order valence-electron chi connectivity index (χ1n) is 7.88. The predicted octanol–water partition coefficient (Wildman–Crippen LogP) is 0.617. The summed E-state index contributed by atoms with van der Waals surface area (Å²) in [5.41, 5.74) is 2.04. The maximum absolute atomic E-state index is 12.5. The zero-order valence-corrected chi connectivity index (χ0v) is 14.5. The van der Waals surface area contributed by atoms with Gasteiger partial charge in [0.2, 0.25) is 11.8 Å². The molecular weight excluding hydrogens is 296 g/mol. The van der Waals surface area contributed by atoms with Crippen LogP contribution in [0.4, 0.5) is 0 Å². The minimum absolute atomic E-state index is 0.0101. The molecule has 3 atom stereocenters. The molecule has 7 heteroatoms. The van der Waals surface area contributed by atoms with Crippen molar-refractivity contribution in [2.24, 2.45) is 13.0 Å². The SMILES string of the molecule is CO[C@@H]1[C@H](N(C)C(C)=O)CC[C@H]1C(=O)NCc1cnn(C)c1C. The maximum atomic E-state index is 12.5. The highest BCUT2D eigenvalue weighted by molar-refractivity contribution is 5.80. The summed E-state index contributed by atoms with van der Waals surface area (Å²) in [6.07, 6.45) is 3.00. The Morgan fingerprint density at radius 2 is 2.17 bits per heavy atom. The molecule has 1 heterocycles. The van der Waals surface area contributed by atoms with Crippen LogP contribution in [0.5, 0.6) is 0 Å². The Kier molecular flexibility index (Phi) is 5.41. The number of carbonyl (C=O) groups is 2. The molecule has 0 saturated heterocycles. The van der Waals surface area contributed by atoms with Crippen LogP contribution in [0.1, 0.15) is 31.0 Å². The molecule has 0 spiro atoms. The average Bonchev–Trinajstić information content (AvgIpc) is 3.09. The summed E-state index contributed by atoms with van der Waals surface area (Å²) in [7, 11) is 5.24. The van der Waals surface area contributed by atoms with Crippen molar-refractivity contribution in [3.8, 4) is 0 Å². The molecule has 1 aliphatic rings. The summed E-state index contributed by atoms with van der Waals surface area (Å²) >= 11 is 0. The smallest absolute Gasteiger partial charge is 0.226 e. The number of carbonyl (C=O) groups excluding carboxylic acids is 2. The molecule has 2 amide bonds. The first kappa shape index (κ1) is 17.5. The molecule has 0 aromatic carbocycles. The largest absolute Gasteiger partial charge is 0.378 e. The van der Waals surface area contributed by atoms with Gasteiger partial charge in [-0.2, -0.15) is 5.10 Å². The van der Waals surface area contributed by atoms with Gasteiger partial charge in [-0.25, -0.2) is 0 Å². The van der Waals surface area contributed by atoms with E-state index in [2.05, 4.69) is 10.4 Å². The number of likely N-dealkylation sites (N-methyl/N-ethyl adjacent to an activating group) is 1. The van der Waals surface area contributed by atoms with E-state index in [1.165, 1.54) is 6.92 Å². The van der Waals surface area contributed by atoms with E-state index < -0.39 is 0 Å². The monoisotopic (exact) mass is 322 g/mol. The first-order chi connectivity index (χ1) is 10.9. The molecule has 23 heavy (non-hydrogen) atoms. The van der Waals surface area contributed by atoms with E-state index in [-0.39, 0.29) is 29.9 Å². The van der Waals surface area contributed by atoms with Crippen LogP contribution in [0.3, 0.4) is 0 Å². The number of aromatic nitrogens is 2. The molecule has 1 saturated carbocycles. The Balaban J connectivity index is 1.99. The minimum Gasteiger partial charge on any atom is -0.378 e. The van der Waals surface area contributed by atoms with Crippen LogP contribution < -0.4 is 5.32 Å². The van der Waals surface area contributed by atoms with Crippen LogP contribution in [0, 0.1) is 12.8 Å². The van der Waals surface area contributed by atoms with Crippen molar-refractivity contribution in [1.82, 2.24) is 20.0 Å². The van der Waals surface area contributed by atoms with E-state index in [1.807, 2.05) is 14.0 Å². The van der Waals surface area contributed by atoms with Crippen molar-refractivity contribution in [2.75, 3.05) is 14.2 Å². The van der Waals surface area contributed by atoms with Gasteiger partial charge in [-0.3, -0.25) is 14.3 Å². The van der Waals surface area contributed by atoms with E-state index in [0.29, 0.717) is 6.54 Å². The molecule has 1 fully saturated rings. The molecule has 1 aliphatic carbocycles. The molecule has 0 radical (unpaired) electrons. The van der Waals surface area contributed by atoms with Crippen molar-refractivity contribution in [2.45, 2.75) is 45.4 Å². The van der Waals surface area contributed by atoms with Gasteiger partial charge in [0, 0.05) is 45.9 Å². The number of amides is 2. The third-order valence-electron chi connectivity index (χ3n) is 4.94. The molecule has 128 valence electrons. The van der Waals surface area contributed by atoms with Gasteiger partial charge in [-0.1, -0.05) is 0 Å². The zero-order valence-electron chi connectivity index (χ0n) is 14.5. The maximum Gasteiger partial charge on any atom is 0.226 e. The summed E-state index contributed by atoms with van der Waals surface area (Å²) in [5, 5.41) is 7.15. The van der Waals surface area contributed by atoms with Gasteiger partial charge < -0.3 is 15.0 Å². The molecule has 1 aromatic heterocycles. The Morgan fingerprint density at radius 1 is 1.48 bits per heavy atom. The molecule has 1 aromatic rings. The molecule has 1 N–H and O–H groups in total. The number of hydrogen-bond acceptors (Lipinski definition) is 4. The number of methoxy groups -OCH3 is 1. The van der Waals surface area contributed by atoms with E-state index in [4.69, 9.17) is 4.74 Å². The minimum atomic E-state index is -0.265. The summed E-state index contributed by atoms with van der Waals surface area (Å²) < 4.78 is 7.32. The third-order valence-corrected chi connectivity index (χ3v) is 4.94. The lowest BCUT2D eigenvalue weighted by molar-refractivity contribution is -0.135. The van der Waals surface area contributed by atoms with Crippen LogP contribution >= 0.6 is 0 Å². The lowest BCUT2D eigenvalue weighted by Crippen LogP contribution is -2.46. The Bertz CT molecular complexity index is 584. The predicted molar refractivity (Wildman–Crippen MR) is 85.5 cm³/mol. The molecule has 0 bridgehead atoms. The highest BCUT2D eigenvalue weighted by Crippen LogP contribution is 2.31. The number of rotatable bonds is 5.